The van der Waals surface area contributed by atoms with Gasteiger partial charge in [-0.15, -0.1) is 5.10 Å². The third kappa shape index (κ3) is 3.50. The molecule has 0 saturated heterocycles. The van der Waals surface area contributed by atoms with Crippen LogP contribution in [0.1, 0.15) is 17.0 Å². The highest BCUT2D eigenvalue weighted by Gasteiger charge is 2.30. The van der Waals surface area contributed by atoms with Crippen LogP contribution in [-0.4, -0.2) is 30.8 Å². The molecule has 1 aliphatic rings. The van der Waals surface area contributed by atoms with Gasteiger partial charge in [-0.2, -0.15) is 17.9 Å². The maximum Gasteiger partial charge on any atom is 0.416 e. The maximum atomic E-state index is 12.7. The standard InChI is InChI=1S/C18H16F3N5O/c19-18(20,21)14-3-1-13(2-4-14)11-24-9-10-25-16(12-24)23-26(17(25)27)15-5-7-22-8-6-15/h1-8H,9-12H2. The van der Waals surface area contributed by atoms with Crippen LogP contribution in [0, 0.1) is 0 Å². The van der Waals surface area contributed by atoms with Gasteiger partial charge < -0.3 is 0 Å². The summed E-state index contributed by atoms with van der Waals surface area (Å²) in [5, 5.41) is 4.41. The molecule has 0 saturated carbocycles. The van der Waals surface area contributed by atoms with Crippen molar-refractivity contribution in [1.82, 2.24) is 24.2 Å². The van der Waals surface area contributed by atoms with Crippen molar-refractivity contribution in [2.45, 2.75) is 25.8 Å². The summed E-state index contributed by atoms with van der Waals surface area (Å²) < 4.78 is 41.0. The van der Waals surface area contributed by atoms with E-state index < -0.39 is 11.7 Å². The van der Waals surface area contributed by atoms with Gasteiger partial charge in [0, 0.05) is 32.0 Å². The molecule has 4 rings (SSSR count). The van der Waals surface area contributed by atoms with Gasteiger partial charge in [-0.05, 0) is 29.8 Å². The van der Waals surface area contributed by atoms with Crippen molar-refractivity contribution in [2.24, 2.45) is 0 Å². The molecular formula is C18H16F3N5O. The van der Waals surface area contributed by atoms with Crippen LogP contribution >= 0.6 is 0 Å². The molecular weight excluding hydrogens is 359 g/mol. The number of rotatable bonds is 3. The fourth-order valence-corrected chi connectivity index (χ4v) is 3.14. The third-order valence-corrected chi connectivity index (χ3v) is 4.54. The number of benzene rings is 1. The number of pyridine rings is 1. The van der Waals surface area contributed by atoms with Gasteiger partial charge in [0.15, 0.2) is 0 Å². The first-order valence-corrected chi connectivity index (χ1v) is 8.39. The zero-order chi connectivity index (χ0) is 19.0. The number of hydrogen-bond acceptors (Lipinski definition) is 4. The Morgan fingerprint density at radius 2 is 1.70 bits per heavy atom. The Kier molecular flexibility index (Phi) is 4.31. The van der Waals surface area contributed by atoms with Gasteiger partial charge in [0.1, 0.15) is 5.82 Å². The minimum absolute atomic E-state index is 0.203. The lowest BCUT2D eigenvalue weighted by molar-refractivity contribution is -0.137. The van der Waals surface area contributed by atoms with Crippen LogP contribution in [-0.2, 0) is 25.8 Å². The van der Waals surface area contributed by atoms with E-state index in [2.05, 4.69) is 15.0 Å². The van der Waals surface area contributed by atoms with Gasteiger partial charge >= 0.3 is 11.9 Å². The van der Waals surface area contributed by atoms with Crippen LogP contribution in [0.3, 0.4) is 0 Å². The summed E-state index contributed by atoms with van der Waals surface area (Å²) in [5.74, 6) is 0.634. The number of hydrogen-bond donors (Lipinski definition) is 0. The van der Waals surface area contributed by atoms with Gasteiger partial charge in [-0.1, -0.05) is 12.1 Å². The van der Waals surface area contributed by atoms with E-state index in [-0.39, 0.29) is 5.69 Å². The van der Waals surface area contributed by atoms with Gasteiger partial charge in [-0.3, -0.25) is 14.5 Å². The first-order chi connectivity index (χ1) is 12.9. The van der Waals surface area contributed by atoms with Gasteiger partial charge in [0.2, 0.25) is 0 Å². The van der Waals surface area contributed by atoms with Gasteiger partial charge in [0.25, 0.3) is 0 Å². The molecule has 6 nitrogen and oxygen atoms in total. The lowest BCUT2D eigenvalue weighted by Gasteiger charge is -2.26. The second-order valence-electron chi connectivity index (χ2n) is 6.37. The maximum absolute atomic E-state index is 12.7. The fourth-order valence-electron chi connectivity index (χ4n) is 3.14. The molecule has 3 aromatic rings. The zero-order valence-corrected chi connectivity index (χ0v) is 14.2. The number of fused-ring (bicyclic) bond motifs is 1. The molecule has 0 atom stereocenters. The smallest absolute Gasteiger partial charge is 0.290 e. The van der Waals surface area contributed by atoms with E-state index in [0.29, 0.717) is 37.7 Å². The molecule has 3 heterocycles. The van der Waals surface area contributed by atoms with Gasteiger partial charge in [-0.25, -0.2) is 4.79 Å². The lowest BCUT2D eigenvalue weighted by Crippen LogP contribution is -2.37. The predicted molar refractivity (Wildman–Crippen MR) is 91.2 cm³/mol. The summed E-state index contributed by atoms with van der Waals surface area (Å²) in [6.07, 6.45) is -1.15. The molecule has 2 aromatic heterocycles. The van der Waals surface area contributed by atoms with Crippen molar-refractivity contribution in [3.05, 3.63) is 76.2 Å². The van der Waals surface area contributed by atoms with Crippen LogP contribution in [0.5, 0.6) is 0 Å². The van der Waals surface area contributed by atoms with Crippen molar-refractivity contribution >= 4 is 0 Å². The summed E-state index contributed by atoms with van der Waals surface area (Å²) in [4.78, 5) is 18.5. The molecule has 1 aliphatic heterocycles. The SMILES string of the molecule is O=c1n(-c2ccncc2)nc2n1CCN(Cc1ccc(C(F)(F)F)cc1)C2. The molecule has 0 fully saturated rings. The normalized spacial score (nSPS) is 14.9. The summed E-state index contributed by atoms with van der Waals surface area (Å²) >= 11 is 0. The zero-order valence-electron chi connectivity index (χ0n) is 14.2. The quantitative estimate of drug-likeness (QED) is 0.706. The first-order valence-electron chi connectivity index (χ1n) is 8.39. The molecule has 9 heteroatoms. The topological polar surface area (TPSA) is 56.0 Å². The molecule has 0 N–H and O–H groups in total. The Hall–Kier alpha value is -2.94. The number of halogens is 3. The largest absolute Gasteiger partial charge is 0.416 e. The van der Waals surface area contributed by atoms with Crippen LogP contribution in [0.25, 0.3) is 5.69 Å². The summed E-state index contributed by atoms with van der Waals surface area (Å²) in [6.45, 7) is 2.05. The Balaban J connectivity index is 1.51. The van der Waals surface area contributed by atoms with Crippen molar-refractivity contribution in [1.29, 1.82) is 0 Å². The van der Waals surface area contributed by atoms with Crippen molar-refractivity contribution in [2.75, 3.05) is 6.54 Å². The van der Waals surface area contributed by atoms with Crippen LogP contribution in [0.15, 0.2) is 53.6 Å². The average molecular weight is 375 g/mol. The third-order valence-electron chi connectivity index (χ3n) is 4.54. The predicted octanol–water partition coefficient (Wildman–Crippen LogP) is 2.46. The first kappa shape index (κ1) is 17.5. The minimum Gasteiger partial charge on any atom is -0.290 e. The number of aromatic nitrogens is 4. The van der Waals surface area contributed by atoms with Crippen LogP contribution < -0.4 is 5.69 Å². The fraction of sp³-hybridized carbons (Fsp3) is 0.278. The van der Waals surface area contributed by atoms with E-state index in [1.165, 1.54) is 16.8 Å². The van der Waals surface area contributed by atoms with E-state index in [9.17, 15) is 18.0 Å². The number of alkyl halides is 3. The van der Waals surface area contributed by atoms with Crippen LogP contribution in [0.4, 0.5) is 13.2 Å². The molecule has 0 radical (unpaired) electrons. The second kappa shape index (κ2) is 6.66. The Morgan fingerprint density at radius 1 is 1.00 bits per heavy atom. The van der Waals surface area contributed by atoms with E-state index in [4.69, 9.17) is 0 Å². The Bertz CT molecular complexity index is 993. The van der Waals surface area contributed by atoms with Crippen molar-refractivity contribution < 1.29 is 13.2 Å². The molecule has 27 heavy (non-hydrogen) atoms. The Labute approximate surface area is 152 Å². The molecule has 0 aliphatic carbocycles. The molecule has 140 valence electrons. The van der Waals surface area contributed by atoms with E-state index in [1.54, 1.807) is 29.1 Å². The second-order valence-corrected chi connectivity index (χ2v) is 6.37. The summed E-state index contributed by atoms with van der Waals surface area (Å²) in [5.41, 5.74) is 0.568. The molecule has 0 spiro atoms. The number of nitrogens with zero attached hydrogens (tertiary/aromatic N) is 5. The van der Waals surface area contributed by atoms with E-state index in [1.807, 2.05) is 0 Å². The molecule has 0 bridgehead atoms. The highest BCUT2D eigenvalue weighted by atomic mass is 19.4. The van der Waals surface area contributed by atoms with Crippen molar-refractivity contribution in [3.63, 3.8) is 0 Å². The monoisotopic (exact) mass is 375 g/mol. The van der Waals surface area contributed by atoms with E-state index in [0.717, 1.165) is 17.7 Å². The molecule has 0 unspecified atom stereocenters. The highest BCUT2D eigenvalue weighted by molar-refractivity contribution is 5.27. The highest BCUT2D eigenvalue weighted by Crippen LogP contribution is 2.29. The molecule has 0 amide bonds. The van der Waals surface area contributed by atoms with Crippen molar-refractivity contribution in [3.8, 4) is 5.69 Å². The van der Waals surface area contributed by atoms with E-state index >= 15 is 0 Å². The Morgan fingerprint density at radius 3 is 2.37 bits per heavy atom. The summed E-state index contributed by atoms with van der Waals surface area (Å²) in [6, 6.07) is 8.57. The summed E-state index contributed by atoms with van der Waals surface area (Å²) in [7, 11) is 0. The van der Waals surface area contributed by atoms with Gasteiger partial charge in [0.05, 0.1) is 17.8 Å². The average Bonchev–Trinajstić information content (AvgIpc) is 2.98. The molecule has 1 aromatic carbocycles. The minimum atomic E-state index is -4.33. The lowest BCUT2D eigenvalue weighted by atomic mass is 10.1. The van der Waals surface area contributed by atoms with Crippen LogP contribution in [0.2, 0.25) is 0 Å².